The number of halogens is 3. The molecule has 0 aliphatic rings. The molecule has 0 atom stereocenters. The molecule has 2 rings (SSSR count). The second kappa shape index (κ2) is 7.29. The van der Waals surface area contributed by atoms with E-state index in [2.05, 4.69) is 10.1 Å². The van der Waals surface area contributed by atoms with E-state index in [0.29, 0.717) is 0 Å². The fourth-order valence-corrected chi connectivity index (χ4v) is 2.01. The standard InChI is InChI=1S/C16H14F3NO5/c1-2-12-11(15(22)23)7-13(25-12)14(21)20-9-4-3-5-10(6-9)24-8-16(17,18)19/h3-7H,2,8H2,1H3,(H,20,21)(H,22,23). The van der Waals surface area contributed by atoms with Crippen molar-refractivity contribution in [3.8, 4) is 5.75 Å². The van der Waals surface area contributed by atoms with Crippen LogP contribution in [0.2, 0.25) is 0 Å². The average molecular weight is 357 g/mol. The largest absolute Gasteiger partial charge is 0.484 e. The van der Waals surface area contributed by atoms with Crippen molar-refractivity contribution in [2.75, 3.05) is 11.9 Å². The number of carbonyl (C=O) groups excluding carboxylic acids is 1. The third kappa shape index (κ3) is 5.00. The minimum atomic E-state index is -4.47. The summed E-state index contributed by atoms with van der Waals surface area (Å²) in [6, 6.07) is 6.47. The van der Waals surface area contributed by atoms with Gasteiger partial charge in [0.25, 0.3) is 5.91 Å². The Morgan fingerprint density at radius 1 is 1.28 bits per heavy atom. The minimum Gasteiger partial charge on any atom is -0.484 e. The second-order valence-electron chi connectivity index (χ2n) is 4.99. The highest BCUT2D eigenvalue weighted by Gasteiger charge is 2.28. The van der Waals surface area contributed by atoms with Gasteiger partial charge in [0.1, 0.15) is 17.1 Å². The Hall–Kier alpha value is -2.97. The van der Waals surface area contributed by atoms with Crippen molar-refractivity contribution in [3.63, 3.8) is 0 Å². The van der Waals surface area contributed by atoms with Crippen molar-refractivity contribution in [3.05, 3.63) is 47.4 Å². The van der Waals surface area contributed by atoms with E-state index in [1.807, 2.05) is 0 Å². The van der Waals surface area contributed by atoms with Gasteiger partial charge in [0.2, 0.25) is 0 Å². The van der Waals surface area contributed by atoms with Crippen LogP contribution in [-0.4, -0.2) is 29.8 Å². The number of carboxylic acids is 1. The van der Waals surface area contributed by atoms with E-state index in [1.165, 1.54) is 24.3 Å². The van der Waals surface area contributed by atoms with Gasteiger partial charge in [0.05, 0.1) is 0 Å². The fourth-order valence-electron chi connectivity index (χ4n) is 2.01. The average Bonchev–Trinajstić information content (AvgIpc) is 2.97. The van der Waals surface area contributed by atoms with Crippen LogP contribution in [0.1, 0.15) is 33.6 Å². The summed E-state index contributed by atoms with van der Waals surface area (Å²) in [5.74, 6) is -2.08. The number of aromatic carboxylic acids is 1. The summed E-state index contributed by atoms with van der Waals surface area (Å²) in [5.41, 5.74) is 0.0610. The number of carbonyl (C=O) groups is 2. The van der Waals surface area contributed by atoms with E-state index < -0.39 is 24.7 Å². The lowest BCUT2D eigenvalue weighted by atomic mass is 10.2. The van der Waals surface area contributed by atoms with Crippen molar-refractivity contribution in [1.82, 2.24) is 0 Å². The van der Waals surface area contributed by atoms with Gasteiger partial charge < -0.3 is 19.6 Å². The Morgan fingerprint density at radius 2 is 2.00 bits per heavy atom. The number of amides is 1. The lowest BCUT2D eigenvalue weighted by molar-refractivity contribution is -0.153. The number of furan rings is 1. The Bertz CT molecular complexity index is 782. The van der Waals surface area contributed by atoms with Crippen LogP contribution < -0.4 is 10.1 Å². The van der Waals surface area contributed by atoms with Crippen molar-refractivity contribution in [1.29, 1.82) is 0 Å². The van der Waals surface area contributed by atoms with Crippen LogP contribution in [-0.2, 0) is 6.42 Å². The molecule has 0 aliphatic heterocycles. The molecule has 1 amide bonds. The summed E-state index contributed by atoms with van der Waals surface area (Å²) in [6.07, 6.45) is -4.19. The number of rotatable bonds is 6. The summed E-state index contributed by atoms with van der Waals surface area (Å²) in [4.78, 5) is 23.2. The molecular weight excluding hydrogens is 343 g/mol. The number of hydrogen-bond acceptors (Lipinski definition) is 4. The first kappa shape index (κ1) is 18.4. The molecule has 0 saturated carbocycles. The SMILES string of the molecule is CCc1oc(C(=O)Nc2cccc(OCC(F)(F)F)c2)cc1C(=O)O. The number of hydrogen-bond donors (Lipinski definition) is 2. The molecule has 1 heterocycles. The van der Waals surface area contributed by atoms with E-state index >= 15 is 0 Å². The molecule has 0 bridgehead atoms. The lowest BCUT2D eigenvalue weighted by Gasteiger charge is -2.10. The third-order valence-electron chi connectivity index (χ3n) is 3.08. The zero-order chi connectivity index (χ0) is 18.6. The van der Waals surface area contributed by atoms with Gasteiger partial charge in [0.15, 0.2) is 12.4 Å². The Balaban J connectivity index is 2.11. The zero-order valence-corrected chi connectivity index (χ0v) is 13.0. The first-order valence-corrected chi connectivity index (χ1v) is 7.16. The molecule has 0 saturated heterocycles. The van der Waals surface area contributed by atoms with Gasteiger partial charge >= 0.3 is 12.1 Å². The van der Waals surface area contributed by atoms with Crippen LogP contribution in [0.25, 0.3) is 0 Å². The minimum absolute atomic E-state index is 0.0740. The number of aryl methyl sites for hydroxylation is 1. The number of carboxylic acid groups (broad SMARTS) is 1. The van der Waals surface area contributed by atoms with E-state index in [-0.39, 0.29) is 34.9 Å². The number of nitrogens with one attached hydrogen (secondary N) is 1. The number of alkyl halides is 3. The lowest BCUT2D eigenvalue weighted by Crippen LogP contribution is -2.19. The molecule has 25 heavy (non-hydrogen) atoms. The normalized spacial score (nSPS) is 11.2. The highest BCUT2D eigenvalue weighted by molar-refractivity contribution is 6.04. The van der Waals surface area contributed by atoms with E-state index in [1.54, 1.807) is 6.92 Å². The number of anilines is 1. The summed E-state index contributed by atoms with van der Waals surface area (Å²) >= 11 is 0. The van der Waals surface area contributed by atoms with Crippen LogP contribution in [0.15, 0.2) is 34.7 Å². The zero-order valence-electron chi connectivity index (χ0n) is 13.0. The topological polar surface area (TPSA) is 88.8 Å². The molecule has 6 nitrogen and oxygen atoms in total. The summed E-state index contributed by atoms with van der Waals surface area (Å²) < 4.78 is 46.3. The van der Waals surface area contributed by atoms with Crippen LogP contribution in [0, 0.1) is 0 Å². The summed E-state index contributed by atoms with van der Waals surface area (Å²) in [5, 5.41) is 11.5. The van der Waals surface area contributed by atoms with Crippen LogP contribution >= 0.6 is 0 Å². The van der Waals surface area contributed by atoms with Crippen molar-refractivity contribution in [2.45, 2.75) is 19.5 Å². The molecule has 1 aromatic heterocycles. The van der Waals surface area contributed by atoms with Crippen LogP contribution in [0.5, 0.6) is 5.75 Å². The molecule has 0 radical (unpaired) electrons. The first-order chi connectivity index (χ1) is 11.7. The first-order valence-electron chi connectivity index (χ1n) is 7.16. The second-order valence-corrected chi connectivity index (χ2v) is 4.99. The molecule has 0 fully saturated rings. The Kier molecular flexibility index (Phi) is 5.35. The predicted molar refractivity (Wildman–Crippen MR) is 81.0 cm³/mol. The highest BCUT2D eigenvalue weighted by Crippen LogP contribution is 2.23. The molecule has 0 spiro atoms. The Morgan fingerprint density at radius 3 is 2.56 bits per heavy atom. The number of benzene rings is 1. The fraction of sp³-hybridized carbons (Fsp3) is 0.250. The molecule has 0 unspecified atom stereocenters. The number of ether oxygens (including phenoxy) is 1. The van der Waals surface area contributed by atoms with Crippen molar-refractivity contribution < 1.29 is 37.0 Å². The smallest absolute Gasteiger partial charge is 0.422 e. The molecule has 2 N–H and O–H groups in total. The molecular formula is C16H14F3NO5. The maximum atomic E-state index is 12.2. The molecule has 1 aromatic carbocycles. The van der Waals surface area contributed by atoms with Gasteiger partial charge in [-0.3, -0.25) is 4.79 Å². The van der Waals surface area contributed by atoms with Gasteiger partial charge in [-0.2, -0.15) is 13.2 Å². The van der Waals surface area contributed by atoms with Gasteiger partial charge in [-0.05, 0) is 12.1 Å². The maximum absolute atomic E-state index is 12.2. The molecule has 9 heteroatoms. The van der Waals surface area contributed by atoms with Gasteiger partial charge in [-0.1, -0.05) is 13.0 Å². The molecule has 134 valence electrons. The van der Waals surface area contributed by atoms with Gasteiger partial charge in [-0.15, -0.1) is 0 Å². The Labute approximate surface area is 140 Å². The van der Waals surface area contributed by atoms with Crippen molar-refractivity contribution in [2.24, 2.45) is 0 Å². The van der Waals surface area contributed by atoms with Crippen LogP contribution in [0.4, 0.5) is 18.9 Å². The molecule has 0 aliphatic carbocycles. The third-order valence-corrected chi connectivity index (χ3v) is 3.08. The van der Waals surface area contributed by atoms with Gasteiger partial charge in [0, 0.05) is 24.2 Å². The van der Waals surface area contributed by atoms with E-state index in [4.69, 9.17) is 9.52 Å². The van der Waals surface area contributed by atoms with Gasteiger partial charge in [-0.25, -0.2) is 4.79 Å². The quantitative estimate of drug-likeness (QED) is 0.822. The maximum Gasteiger partial charge on any atom is 0.422 e. The van der Waals surface area contributed by atoms with Crippen LogP contribution in [0.3, 0.4) is 0 Å². The monoisotopic (exact) mass is 357 g/mol. The summed E-state index contributed by atoms with van der Waals surface area (Å²) in [6.45, 7) is 0.221. The van der Waals surface area contributed by atoms with Crippen molar-refractivity contribution >= 4 is 17.6 Å². The highest BCUT2D eigenvalue weighted by atomic mass is 19.4. The molecule has 2 aromatic rings. The van der Waals surface area contributed by atoms with E-state index in [9.17, 15) is 22.8 Å². The predicted octanol–water partition coefficient (Wildman–Crippen LogP) is 3.73. The van der Waals surface area contributed by atoms with E-state index in [0.717, 1.165) is 6.07 Å². The summed E-state index contributed by atoms with van der Waals surface area (Å²) in [7, 11) is 0.